The van der Waals surface area contributed by atoms with Crippen molar-refractivity contribution in [1.29, 1.82) is 0 Å². The molecule has 6 heteroatoms. The largest absolute Gasteiger partial charge is 0.345 e. The summed E-state index contributed by atoms with van der Waals surface area (Å²) < 4.78 is 0. The summed E-state index contributed by atoms with van der Waals surface area (Å²) in [6, 6.07) is 4.95. The van der Waals surface area contributed by atoms with Gasteiger partial charge in [0.05, 0.1) is 0 Å². The number of nitrogens with one attached hydrogen (secondary N) is 2. The van der Waals surface area contributed by atoms with Gasteiger partial charge in [-0.05, 0) is 37.5 Å². The van der Waals surface area contributed by atoms with Gasteiger partial charge < -0.3 is 15.5 Å². The molecule has 1 aromatic carbocycles. The van der Waals surface area contributed by atoms with Crippen LogP contribution in [0, 0.1) is 0 Å². The molecule has 2 rings (SSSR count). The molecule has 0 spiro atoms. The average Bonchev–Trinajstić information content (AvgIpc) is 2.45. The van der Waals surface area contributed by atoms with Crippen LogP contribution >= 0.6 is 0 Å². The Morgan fingerprint density at radius 2 is 1.95 bits per heavy atom. The number of nitrogens with zero attached hydrogens (tertiary/aromatic N) is 1. The topological polar surface area (TPSA) is 78.5 Å². The molecule has 0 aliphatic carbocycles. The van der Waals surface area contributed by atoms with Gasteiger partial charge in [0.25, 0.3) is 0 Å². The molecule has 3 amide bonds. The minimum Gasteiger partial charge on any atom is -0.345 e. The van der Waals surface area contributed by atoms with E-state index in [1.165, 1.54) is 6.92 Å². The van der Waals surface area contributed by atoms with Crippen molar-refractivity contribution in [2.75, 3.05) is 16.8 Å². The van der Waals surface area contributed by atoms with Crippen molar-refractivity contribution in [3.8, 4) is 0 Å². The first-order valence-corrected chi connectivity index (χ1v) is 7.37. The van der Waals surface area contributed by atoms with E-state index < -0.39 is 6.04 Å². The van der Waals surface area contributed by atoms with Gasteiger partial charge in [-0.25, -0.2) is 0 Å². The van der Waals surface area contributed by atoms with Gasteiger partial charge in [0.1, 0.15) is 6.04 Å². The maximum Gasteiger partial charge on any atom is 0.246 e. The third-order valence-corrected chi connectivity index (χ3v) is 3.66. The Kier molecular flexibility index (Phi) is 4.80. The van der Waals surface area contributed by atoms with E-state index in [-0.39, 0.29) is 17.7 Å². The highest BCUT2D eigenvalue weighted by Gasteiger charge is 2.21. The molecule has 0 radical (unpaired) electrons. The van der Waals surface area contributed by atoms with Gasteiger partial charge in [0.15, 0.2) is 0 Å². The fourth-order valence-electron chi connectivity index (χ4n) is 2.60. The zero-order valence-electron chi connectivity index (χ0n) is 13.1. The van der Waals surface area contributed by atoms with E-state index in [1.54, 1.807) is 18.7 Å². The molecule has 0 bridgehead atoms. The summed E-state index contributed by atoms with van der Waals surface area (Å²) in [5.74, 6) is -0.549. The van der Waals surface area contributed by atoms with Crippen molar-refractivity contribution < 1.29 is 14.4 Å². The second-order valence-electron chi connectivity index (χ2n) is 5.53. The second-order valence-corrected chi connectivity index (χ2v) is 5.53. The SMILES string of the molecule is CC(=O)NC(C)C(=O)Nc1ccc2c(c1)N(C(C)=O)CCC2. The Hall–Kier alpha value is -2.37. The molecule has 1 unspecified atom stereocenters. The number of carbonyl (C=O) groups is 3. The first-order valence-electron chi connectivity index (χ1n) is 7.37. The quantitative estimate of drug-likeness (QED) is 0.887. The Morgan fingerprint density at radius 3 is 2.59 bits per heavy atom. The fraction of sp³-hybridized carbons (Fsp3) is 0.438. The van der Waals surface area contributed by atoms with Crippen molar-refractivity contribution in [1.82, 2.24) is 5.32 Å². The minimum atomic E-state index is -0.613. The minimum absolute atomic E-state index is 0.00367. The third kappa shape index (κ3) is 3.63. The lowest BCUT2D eigenvalue weighted by atomic mass is 10.0. The predicted octanol–water partition coefficient (Wildman–Crippen LogP) is 1.45. The van der Waals surface area contributed by atoms with Crippen LogP contribution in [0.2, 0.25) is 0 Å². The maximum atomic E-state index is 12.0. The summed E-state index contributed by atoms with van der Waals surface area (Å²) >= 11 is 0. The van der Waals surface area contributed by atoms with Crippen molar-refractivity contribution in [2.24, 2.45) is 0 Å². The van der Waals surface area contributed by atoms with E-state index in [0.717, 1.165) is 24.1 Å². The van der Waals surface area contributed by atoms with Crippen LogP contribution < -0.4 is 15.5 Å². The molecule has 118 valence electrons. The number of benzene rings is 1. The Labute approximate surface area is 129 Å². The van der Waals surface area contributed by atoms with Crippen LogP contribution in [-0.4, -0.2) is 30.3 Å². The summed E-state index contributed by atoms with van der Waals surface area (Å²) in [7, 11) is 0. The maximum absolute atomic E-state index is 12.0. The number of rotatable bonds is 3. The predicted molar refractivity (Wildman–Crippen MR) is 84.7 cm³/mol. The summed E-state index contributed by atoms with van der Waals surface area (Å²) in [5.41, 5.74) is 2.58. The number of carbonyl (C=O) groups excluding carboxylic acids is 3. The lowest BCUT2D eigenvalue weighted by Gasteiger charge is -2.29. The summed E-state index contributed by atoms with van der Waals surface area (Å²) in [6.07, 6.45) is 1.87. The standard InChI is InChI=1S/C16H21N3O3/c1-10(17-11(2)20)16(22)18-14-7-6-13-5-4-8-19(12(3)21)15(13)9-14/h6-7,9-10H,4-5,8H2,1-3H3,(H,17,20)(H,18,22). The van der Waals surface area contributed by atoms with Crippen LogP contribution in [0.5, 0.6) is 0 Å². The summed E-state index contributed by atoms with van der Waals surface area (Å²) in [6.45, 7) is 5.23. The number of hydrogen-bond acceptors (Lipinski definition) is 3. The highest BCUT2D eigenvalue weighted by molar-refractivity contribution is 5.98. The first-order chi connectivity index (χ1) is 10.4. The van der Waals surface area contributed by atoms with E-state index in [4.69, 9.17) is 0 Å². The van der Waals surface area contributed by atoms with Gasteiger partial charge in [-0.2, -0.15) is 0 Å². The Balaban J connectivity index is 2.16. The number of aryl methyl sites for hydroxylation is 1. The number of amides is 3. The van der Waals surface area contributed by atoms with Crippen LogP contribution in [0.1, 0.15) is 32.8 Å². The van der Waals surface area contributed by atoms with Crippen molar-refractivity contribution in [3.63, 3.8) is 0 Å². The van der Waals surface area contributed by atoms with Gasteiger partial charge in [0, 0.05) is 31.8 Å². The van der Waals surface area contributed by atoms with Crippen molar-refractivity contribution in [2.45, 2.75) is 39.7 Å². The lowest BCUT2D eigenvalue weighted by molar-refractivity contribution is -0.124. The van der Waals surface area contributed by atoms with E-state index in [2.05, 4.69) is 10.6 Å². The van der Waals surface area contributed by atoms with Crippen LogP contribution in [0.15, 0.2) is 18.2 Å². The van der Waals surface area contributed by atoms with Gasteiger partial charge in [-0.15, -0.1) is 0 Å². The summed E-state index contributed by atoms with van der Waals surface area (Å²) in [4.78, 5) is 36.5. The van der Waals surface area contributed by atoms with E-state index in [9.17, 15) is 14.4 Å². The number of anilines is 2. The van der Waals surface area contributed by atoms with Gasteiger partial charge in [-0.1, -0.05) is 6.07 Å². The van der Waals surface area contributed by atoms with Crippen LogP contribution in [0.4, 0.5) is 11.4 Å². The molecule has 1 aliphatic rings. The second kappa shape index (κ2) is 6.60. The molecule has 0 saturated heterocycles. The van der Waals surface area contributed by atoms with E-state index >= 15 is 0 Å². The highest BCUT2D eigenvalue weighted by Crippen LogP contribution is 2.30. The van der Waals surface area contributed by atoms with E-state index in [1.807, 2.05) is 18.2 Å². The molecule has 0 aromatic heterocycles. The monoisotopic (exact) mass is 303 g/mol. The van der Waals surface area contributed by atoms with Crippen molar-refractivity contribution in [3.05, 3.63) is 23.8 Å². The first kappa shape index (κ1) is 16.0. The summed E-state index contributed by atoms with van der Waals surface area (Å²) in [5, 5.41) is 5.30. The van der Waals surface area contributed by atoms with Gasteiger partial charge in [-0.3, -0.25) is 14.4 Å². The molecule has 1 heterocycles. The molecule has 0 fully saturated rings. The smallest absolute Gasteiger partial charge is 0.246 e. The highest BCUT2D eigenvalue weighted by atomic mass is 16.2. The molecule has 2 N–H and O–H groups in total. The zero-order chi connectivity index (χ0) is 16.3. The van der Waals surface area contributed by atoms with Gasteiger partial charge in [0.2, 0.25) is 17.7 Å². The molecule has 22 heavy (non-hydrogen) atoms. The number of hydrogen-bond donors (Lipinski definition) is 2. The molecule has 0 saturated carbocycles. The molecule has 1 atom stereocenters. The normalized spacial score (nSPS) is 14.8. The molecular formula is C16H21N3O3. The molecule has 6 nitrogen and oxygen atoms in total. The van der Waals surface area contributed by atoms with Crippen LogP contribution in [0.25, 0.3) is 0 Å². The molecule has 1 aromatic rings. The third-order valence-electron chi connectivity index (χ3n) is 3.66. The number of fused-ring (bicyclic) bond motifs is 1. The van der Waals surface area contributed by atoms with Crippen LogP contribution in [0.3, 0.4) is 0 Å². The molecular weight excluding hydrogens is 282 g/mol. The Bertz CT molecular complexity index is 613. The van der Waals surface area contributed by atoms with E-state index in [0.29, 0.717) is 12.2 Å². The zero-order valence-corrected chi connectivity index (χ0v) is 13.1. The average molecular weight is 303 g/mol. The van der Waals surface area contributed by atoms with Crippen LogP contribution in [-0.2, 0) is 20.8 Å². The molecule has 1 aliphatic heterocycles. The van der Waals surface area contributed by atoms with Gasteiger partial charge >= 0.3 is 0 Å². The Morgan fingerprint density at radius 1 is 1.23 bits per heavy atom. The fourth-order valence-corrected chi connectivity index (χ4v) is 2.60. The lowest BCUT2D eigenvalue weighted by Crippen LogP contribution is -2.40. The van der Waals surface area contributed by atoms with Crippen molar-refractivity contribution >= 4 is 29.1 Å².